The second-order valence-electron chi connectivity index (χ2n) is 4.09. The van der Waals surface area contributed by atoms with Gasteiger partial charge < -0.3 is 9.67 Å². The van der Waals surface area contributed by atoms with E-state index in [1.54, 1.807) is 4.57 Å². The van der Waals surface area contributed by atoms with Crippen LogP contribution in [0.2, 0.25) is 0 Å². The Morgan fingerprint density at radius 1 is 1.50 bits per heavy atom. The van der Waals surface area contributed by atoms with Gasteiger partial charge in [-0.1, -0.05) is 11.8 Å². The molecule has 9 heteroatoms. The third-order valence-electron chi connectivity index (χ3n) is 2.78. The van der Waals surface area contributed by atoms with Crippen LogP contribution in [0.15, 0.2) is 11.5 Å². The Morgan fingerprint density at radius 2 is 2.17 bits per heavy atom. The smallest absolute Gasteiger partial charge is 0.313 e. The average Bonchev–Trinajstić information content (AvgIpc) is 2.74. The molecule has 100 valence electrons. The lowest BCUT2D eigenvalue weighted by atomic mass is 10.1. The molecule has 0 radical (unpaired) electrons. The van der Waals surface area contributed by atoms with Gasteiger partial charge in [0.2, 0.25) is 0 Å². The highest BCUT2D eigenvalue weighted by molar-refractivity contribution is 7.99. The monoisotopic (exact) mass is 291 g/mol. The minimum absolute atomic E-state index is 0.0415. The second-order valence-corrected chi connectivity index (χ2v) is 7.33. The number of carboxylic acids is 1. The molecule has 1 aromatic rings. The lowest BCUT2D eigenvalue weighted by Gasteiger charge is -2.23. The van der Waals surface area contributed by atoms with Gasteiger partial charge in [0.1, 0.15) is 16.2 Å². The number of sulfone groups is 1. The summed E-state index contributed by atoms with van der Waals surface area (Å²) >= 11 is 1.10. The fraction of sp³-hybridized carbons (Fsp3) is 0.667. The van der Waals surface area contributed by atoms with E-state index in [0.717, 1.165) is 11.8 Å². The fourth-order valence-corrected chi connectivity index (χ4v) is 4.04. The highest BCUT2D eigenvalue weighted by atomic mass is 32.2. The van der Waals surface area contributed by atoms with Crippen molar-refractivity contribution >= 4 is 27.6 Å². The Balaban J connectivity index is 2.05. The topological polar surface area (TPSA) is 102 Å². The predicted octanol–water partition coefficient (Wildman–Crippen LogP) is 0.204. The van der Waals surface area contributed by atoms with Crippen LogP contribution < -0.4 is 0 Å². The molecule has 0 bridgehead atoms. The van der Waals surface area contributed by atoms with Crippen molar-refractivity contribution in [2.75, 3.05) is 17.3 Å². The van der Waals surface area contributed by atoms with E-state index in [0.29, 0.717) is 18.0 Å². The first kappa shape index (κ1) is 13.3. The van der Waals surface area contributed by atoms with Crippen molar-refractivity contribution < 1.29 is 18.3 Å². The summed E-state index contributed by atoms with van der Waals surface area (Å²) in [4.78, 5) is 10.5. The van der Waals surface area contributed by atoms with Crippen molar-refractivity contribution in [3.05, 3.63) is 6.33 Å². The van der Waals surface area contributed by atoms with E-state index in [4.69, 9.17) is 5.11 Å². The number of aromatic nitrogens is 3. The third-order valence-corrected chi connectivity index (χ3v) is 5.44. The first-order valence-electron chi connectivity index (χ1n) is 5.42. The molecule has 1 aliphatic rings. The van der Waals surface area contributed by atoms with Gasteiger partial charge in [0.25, 0.3) is 0 Å². The number of aliphatic carboxylic acids is 1. The van der Waals surface area contributed by atoms with Gasteiger partial charge in [-0.3, -0.25) is 4.79 Å². The van der Waals surface area contributed by atoms with Gasteiger partial charge in [-0.15, -0.1) is 10.2 Å². The summed E-state index contributed by atoms with van der Waals surface area (Å²) in [5.41, 5.74) is 0. The van der Waals surface area contributed by atoms with Crippen molar-refractivity contribution in [2.45, 2.75) is 24.0 Å². The zero-order valence-corrected chi connectivity index (χ0v) is 11.2. The molecule has 0 spiro atoms. The molecule has 1 aliphatic heterocycles. The molecule has 7 nitrogen and oxygen atoms in total. The van der Waals surface area contributed by atoms with Crippen molar-refractivity contribution in [3.8, 4) is 0 Å². The molecule has 0 unspecified atom stereocenters. The lowest BCUT2D eigenvalue weighted by molar-refractivity contribution is -0.133. The molecule has 0 aliphatic carbocycles. The number of hydrogen-bond acceptors (Lipinski definition) is 6. The summed E-state index contributed by atoms with van der Waals surface area (Å²) in [7, 11) is -2.90. The van der Waals surface area contributed by atoms with E-state index in [-0.39, 0.29) is 23.3 Å². The van der Waals surface area contributed by atoms with Gasteiger partial charge in [-0.2, -0.15) is 0 Å². The molecular weight excluding hydrogens is 278 g/mol. The van der Waals surface area contributed by atoms with Crippen LogP contribution >= 0.6 is 11.8 Å². The molecule has 2 heterocycles. The Morgan fingerprint density at radius 3 is 2.78 bits per heavy atom. The molecule has 18 heavy (non-hydrogen) atoms. The van der Waals surface area contributed by atoms with E-state index in [1.165, 1.54) is 6.33 Å². The van der Waals surface area contributed by atoms with Crippen LogP contribution in [0.25, 0.3) is 0 Å². The molecule has 1 saturated heterocycles. The highest BCUT2D eigenvalue weighted by Gasteiger charge is 2.26. The van der Waals surface area contributed by atoms with Crippen LogP contribution in [0.5, 0.6) is 0 Å². The van der Waals surface area contributed by atoms with Crippen LogP contribution in [0.4, 0.5) is 0 Å². The summed E-state index contributed by atoms with van der Waals surface area (Å²) in [5.74, 6) is -0.664. The minimum atomic E-state index is -2.90. The van der Waals surface area contributed by atoms with Crippen molar-refractivity contribution in [1.29, 1.82) is 0 Å². The average molecular weight is 291 g/mol. The van der Waals surface area contributed by atoms with Crippen molar-refractivity contribution in [2.24, 2.45) is 0 Å². The zero-order chi connectivity index (χ0) is 13.2. The molecule has 1 fully saturated rings. The first-order chi connectivity index (χ1) is 8.48. The van der Waals surface area contributed by atoms with Gasteiger partial charge >= 0.3 is 5.97 Å². The van der Waals surface area contributed by atoms with Crippen LogP contribution in [0.3, 0.4) is 0 Å². The number of carboxylic acid groups (broad SMARTS) is 1. The van der Waals surface area contributed by atoms with Gasteiger partial charge in [0.15, 0.2) is 5.16 Å². The van der Waals surface area contributed by atoms with Crippen LogP contribution in [-0.2, 0) is 14.6 Å². The molecule has 0 saturated carbocycles. The first-order valence-corrected chi connectivity index (χ1v) is 8.23. The maximum Gasteiger partial charge on any atom is 0.313 e. The molecule has 1 N–H and O–H groups in total. The van der Waals surface area contributed by atoms with Crippen molar-refractivity contribution in [1.82, 2.24) is 14.8 Å². The molecule has 0 atom stereocenters. The van der Waals surface area contributed by atoms with Crippen LogP contribution in [-0.4, -0.2) is 51.5 Å². The summed E-state index contributed by atoms with van der Waals surface area (Å²) in [6.45, 7) is 0. The molecule has 2 rings (SSSR count). The minimum Gasteiger partial charge on any atom is -0.481 e. The van der Waals surface area contributed by atoms with Gasteiger partial charge in [0.05, 0.1) is 17.3 Å². The van der Waals surface area contributed by atoms with Gasteiger partial charge in [0, 0.05) is 6.04 Å². The van der Waals surface area contributed by atoms with E-state index >= 15 is 0 Å². The predicted molar refractivity (Wildman–Crippen MR) is 65.3 cm³/mol. The maximum absolute atomic E-state index is 11.3. The highest BCUT2D eigenvalue weighted by Crippen LogP contribution is 2.27. The van der Waals surface area contributed by atoms with Gasteiger partial charge in [-0.25, -0.2) is 8.42 Å². The lowest BCUT2D eigenvalue weighted by Crippen LogP contribution is -2.25. The maximum atomic E-state index is 11.3. The third kappa shape index (κ3) is 3.22. The molecule has 1 aromatic heterocycles. The second kappa shape index (κ2) is 5.27. The molecule has 0 aromatic carbocycles. The number of carbonyl (C=O) groups is 1. The quantitative estimate of drug-likeness (QED) is 0.791. The van der Waals surface area contributed by atoms with Gasteiger partial charge in [-0.05, 0) is 12.8 Å². The summed E-state index contributed by atoms with van der Waals surface area (Å²) in [6.07, 6.45) is 2.59. The summed E-state index contributed by atoms with van der Waals surface area (Å²) < 4.78 is 24.5. The fourth-order valence-electron chi connectivity index (χ4n) is 1.87. The Bertz CT molecular complexity index is 526. The number of thioether (sulfide) groups is 1. The Kier molecular flexibility index (Phi) is 3.91. The number of hydrogen-bond donors (Lipinski definition) is 1. The van der Waals surface area contributed by atoms with E-state index in [9.17, 15) is 13.2 Å². The Labute approximate surface area is 109 Å². The molecular formula is C9H13N3O4S2. The Hall–Kier alpha value is -1.09. The largest absolute Gasteiger partial charge is 0.481 e. The van der Waals surface area contributed by atoms with E-state index in [2.05, 4.69) is 10.2 Å². The normalized spacial score (nSPS) is 19.8. The zero-order valence-electron chi connectivity index (χ0n) is 9.52. The number of rotatable bonds is 4. The van der Waals surface area contributed by atoms with Crippen LogP contribution in [0.1, 0.15) is 18.9 Å². The van der Waals surface area contributed by atoms with E-state index < -0.39 is 15.8 Å². The van der Waals surface area contributed by atoms with E-state index in [1.807, 2.05) is 0 Å². The van der Waals surface area contributed by atoms with Crippen molar-refractivity contribution in [3.63, 3.8) is 0 Å². The summed E-state index contributed by atoms with van der Waals surface area (Å²) in [6, 6.07) is 0.0415. The summed E-state index contributed by atoms with van der Waals surface area (Å²) in [5, 5.41) is 16.8. The standard InChI is InChI=1S/C9H13N3O4S2/c13-8(14)5-17-9-11-10-6-12(9)7-1-3-18(15,16)4-2-7/h6-7H,1-5H2,(H,13,14). The SMILES string of the molecule is O=C(O)CSc1nncn1C1CCS(=O)(=O)CC1. The molecule has 0 amide bonds. The van der Waals surface area contributed by atoms with Crippen LogP contribution in [0, 0.1) is 0 Å². The number of nitrogens with zero attached hydrogens (tertiary/aromatic N) is 3.